The van der Waals surface area contributed by atoms with Gasteiger partial charge in [0.25, 0.3) is 0 Å². The van der Waals surface area contributed by atoms with Gasteiger partial charge in [-0.15, -0.1) is 0 Å². The van der Waals surface area contributed by atoms with Gasteiger partial charge in [0.1, 0.15) is 0 Å². The molecule has 0 saturated carbocycles. The fourth-order valence-corrected chi connectivity index (χ4v) is 4.26. The van der Waals surface area contributed by atoms with E-state index in [2.05, 4.69) is 4.72 Å². The van der Waals surface area contributed by atoms with Crippen molar-refractivity contribution in [2.24, 2.45) is 0 Å². The van der Waals surface area contributed by atoms with Gasteiger partial charge in [-0.1, -0.05) is 62.2 Å². The monoisotopic (exact) mass is 396 g/mol. The van der Waals surface area contributed by atoms with Gasteiger partial charge in [-0.25, -0.2) is 8.42 Å². The molecule has 2 aromatic carbocycles. The Balaban J connectivity index is 0.00000196. The van der Waals surface area contributed by atoms with Crippen molar-refractivity contribution >= 4 is 26.5 Å². The summed E-state index contributed by atoms with van der Waals surface area (Å²) < 4.78 is 27.1. The van der Waals surface area contributed by atoms with Crippen molar-refractivity contribution in [1.29, 1.82) is 0 Å². The quantitative estimate of drug-likeness (QED) is 0.541. The maximum atomic E-state index is 12.3. The van der Waals surface area contributed by atoms with E-state index in [9.17, 15) is 13.6 Å². The first kappa shape index (κ1) is 22.0. The number of hydrogen-bond donors (Lipinski definition) is 2. The van der Waals surface area contributed by atoms with Crippen LogP contribution in [0.25, 0.3) is 16.5 Å². The minimum atomic E-state index is -3.38. The number of hydrogen-bond acceptors (Lipinski definition) is 4. The van der Waals surface area contributed by atoms with Crippen LogP contribution in [0.15, 0.2) is 60.3 Å². The summed E-state index contributed by atoms with van der Waals surface area (Å²) in [6.45, 7) is 2.26. The molecule has 0 spiro atoms. The first-order chi connectivity index (χ1) is 12.5. The number of nitrogens with zero attached hydrogens (tertiary/aromatic N) is 1. The van der Waals surface area contributed by atoms with Crippen LogP contribution in [0.3, 0.4) is 0 Å². The van der Waals surface area contributed by atoms with Crippen LogP contribution in [0.1, 0.15) is 33.2 Å². The van der Waals surface area contributed by atoms with Crippen LogP contribution in [0.5, 0.6) is 0 Å². The molecule has 0 saturated heterocycles. The third-order valence-corrected chi connectivity index (χ3v) is 5.78. The zero-order valence-electron chi connectivity index (χ0n) is 16.9. The molecule has 0 atom stereocenters. The van der Waals surface area contributed by atoms with Crippen molar-refractivity contribution in [2.75, 3.05) is 12.3 Å². The standard InChI is InChI=1S/C20H24N2O3S.Na.H/c1-2-3-6-14-26(24,25)21-17-12-13-22(23)20(15-17)19-11-7-9-16-8-4-5-10-18(16)19;;/h4-5,7-12,15,21,23H,2-3,6,13-14H2,1H3;;/q;+1;-1. The molecule has 0 fully saturated rings. The van der Waals surface area contributed by atoms with E-state index in [0.29, 0.717) is 17.8 Å². The zero-order chi connectivity index (χ0) is 18.6. The van der Waals surface area contributed by atoms with Crippen LogP contribution in [0, 0.1) is 0 Å². The van der Waals surface area contributed by atoms with Gasteiger partial charge in [-0.3, -0.25) is 15.0 Å². The third kappa shape index (κ3) is 5.59. The second-order valence-electron chi connectivity index (χ2n) is 6.43. The molecule has 0 bridgehead atoms. The van der Waals surface area contributed by atoms with E-state index >= 15 is 0 Å². The molecule has 1 aliphatic heterocycles. The Morgan fingerprint density at radius 2 is 1.89 bits per heavy atom. The molecule has 140 valence electrons. The molecule has 0 aliphatic carbocycles. The molecule has 0 amide bonds. The maximum absolute atomic E-state index is 12.3. The molecule has 0 unspecified atom stereocenters. The second-order valence-corrected chi connectivity index (χ2v) is 8.27. The largest absolute Gasteiger partial charge is 1.00 e. The predicted octanol–water partition coefficient (Wildman–Crippen LogP) is 0.995. The van der Waals surface area contributed by atoms with Crippen LogP contribution in [-0.4, -0.2) is 31.0 Å². The average Bonchev–Trinajstić information content (AvgIpc) is 2.63. The summed E-state index contributed by atoms with van der Waals surface area (Å²) in [5.74, 6) is 0.110. The Labute approximate surface area is 184 Å². The van der Waals surface area contributed by atoms with Gasteiger partial charge < -0.3 is 1.43 Å². The van der Waals surface area contributed by atoms with Crippen LogP contribution >= 0.6 is 0 Å². The number of hydroxylamine groups is 2. The molecular weight excluding hydrogens is 371 g/mol. The van der Waals surface area contributed by atoms with Crippen molar-refractivity contribution in [1.82, 2.24) is 9.79 Å². The summed E-state index contributed by atoms with van der Waals surface area (Å²) >= 11 is 0. The van der Waals surface area contributed by atoms with Crippen LogP contribution < -0.4 is 34.3 Å². The number of benzene rings is 2. The first-order valence-corrected chi connectivity index (χ1v) is 10.5. The van der Waals surface area contributed by atoms with Gasteiger partial charge in [0, 0.05) is 11.3 Å². The smallest absolute Gasteiger partial charge is 1.00 e. The topological polar surface area (TPSA) is 69.6 Å². The maximum Gasteiger partial charge on any atom is 1.00 e. The normalized spacial score (nSPS) is 14.4. The minimum absolute atomic E-state index is 0. The molecular formula is C20H25N2NaO3S. The van der Waals surface area contributed by atoms with E-state index in [4.69, 9.17) is 0 Å². The van der Waals surface area contributed by atoms with Crippen molar-refractivity contribution in [3.8, 4) is 0 Å². The van der Waals surface area contributed by atoms with Gasteiger partial charge in [-0.2, -0.15) is 0 Å². The summed E-state index contributed by atoms with van der Waals surface area (Å²) in [6.07, 6.45) is 5.87. The molecule has 2 aromatic rings. The van der Waals surface area contributed by atoms with Gasteiger partial charge in [0.15, 0.2) is 0 Å². The second kappa shape index (κ2) is 9.75. The number of unbranched alkanes of at least 4 members (excludes halogenated alkanes) is 2. The van der Waals surface area contributed by atoms with Gasteiger partial charge in [-0.05, 0) is 29.3 Å². The number of rotatable bonds is 7. The van der Waals surface area contributed by atoms with E-state index in [-0.39, 0.29) is 43.3 Å². The molecule has 7 heteroatoms. The molecule has 27 heavy (non-hydrogen) atoms. The Morgan fingerprint density at radius 3 is 2.67 bits per heavy atom. The zero-order valence-corrected chi connectivity index (χ0v) is 18.7. The Kier molecular flexibility index (Phi) is 7.94. The molecule has 5 nitrogen and oxygen atoms in total. The molecule has 0 radical (unpaired) electrons. The summed E-state index contributed by atoms with van der Waals surface area (Å²) in [7, 11) is -3.38. The van der Waals surface area contributed by atoms with E-state index < -0.39 is 10.0 Å². The average molecular weight is 396 g/mol. The third-order valence-electron chi connectivity index (χ3n) is 4.41. The minimum Gasteiger partial charge on any atom is -1.00 e. The summed E-state index contributed by atoms with van der Waals surface area (Å²) in [5.41, 5.74) is 1.94. The van der Waals surface area contributed by atoms with Gasteiger partial charge in [0.2, 0.25) is 10.0 Å². The van der Waals surface area contributed by atoms with Crippen LogP contribution in [0.2, 0.25) is 0 Å². The molecule has 3 rings (SSSR count). The molecule has 0 aromatic heterocycles. The molecule has 1 aliphatic rings. The van der Waals surface area contributed by atoms with E-state index in [1.165, 1.54) is 0 Å². The van der Waals surface area contributed by atoms with E-state index in [0.717, 1.165) is 34.2 Å². The Bertz CT molecular complexity index is 956. The van der Waals surface area contributed by atoms with Gasteiger partial charge in [0.05, 0.1) is 18.0 Å². The van der Waals surface area contributed by atoms with E-state index in [1.807, 2.05) is 49.4 Å². The van der Waals surface area contributed by atoms with Crippen molar-refractivity contribution in [3.63, 3.8) is 0 Å². The predicted molar refractivity (Wildman–Crippen MR) is 106 cm³/mol. The van der Waals surface area contributed by atoms with Crippen LogP contribution in [-0.2, 0) is 10.0 Å². The summed E-state index contributed by atoms with van der Waals surface area (Å²) in [4.78, 5) is 0. The molecule has 2 N–H and O–H groups in total. The number of allylic oxidation sites excluding steroid dienone is 1. The number of nitrogens with one attached hydrogen (secondary N) is 1. The molecule has 1 heterocycles. The first-order valence-electron chi connectivity index (χ1n) is 8.87. The van der Waals surface area contributed by atoms with Crippen molar-refractivity contribution in [3.05, 3.63) is 65.9 Å². The van der Waals surface area contributed by atoms with Gasteiger partial charge >= 0.3 is 29.6 Å². The van der Waals surface area contributed by atoms with Crippen LogP contribution in [0.4, 0.5) is 0 Å². The SMILES string of the molecule is CCCCCS(=O)(=O)NC1=CCN(O)C(c2cccc3ccccc23)=C1.[H-].[Na+]. The fourth-order valence-electron chi connectivity index (χ4n) is 3.07. The van der Waals surface area contributed by atoms with Crippen molar-refractivity contribution < 1.29 is 44.6 Å². The van der Waals surface area contributed by atoms with Crippen molar-refractivity contribution in [2.45, 2.75) is 26.2 Å². The van der Waals surface area contributed by atoms with E-state index in [1.54, 1.807) is 12.2 Å². The number of fused-ring (bicyclic) bond motifs is 1. The Hall–Kier alpha value is -1.31. The summed E-state index contributed by atoms with van der Waals surface area (Å²) in [5, 5.41) is 13.5. The summed E-state index contributed by atoms with van der Waals surface area (Å²) in [6, 6.07) is 13.8. The Morgan fingerprint density at radius 1 is 1.15 bits per heavy atom. The fraction of sp³-hybridized carbons (Fsp3) is 0.300. The number of sulfonamides is 1.